The molecule has 2 unspecified atom stereocenters. The van der Waals surface area contributed by atoms with Crippen molar-refractivity contribution in [3.05, 3.63) is 69.5 Å². The van der Waals surface area contributed by atoms with E-state index in [0.717, 1.165) is 11.6 Å². The largest absolute Gasteiger partial charge is 0.475 e. The second kappa shape index (κ2) is 9.34. The first-order valence-electron chi connectivity index (χ1n) is 9.70. The molecule has 0 aliphatic carbocycles. The van der Waals surface area contributed by atoms with Crippen LogP contribution >= 0.6 is 0 Å². The number of nitrogens with zero attached hydrogens (tertiary/aromatic N) is 3. The summed E-state index contributed by atoms with van der Waals surface area (Å²) in [5.41, 5.74) is 0.190. The predicted molar refractivity (Wildman–Crippen MR) is 106 cm³/mol. The third-order valence-electron chi connectivity index (χ3n) is 5.30. The molecule has 2 atom stereocenters. The molecule has 31 heavy (non-hydrogen) atoms. The van der Waals surface area contributed by atoms with Gasteiger partial charge in [-0.05, 0) is 37.6 Å². The van der Waals surface area contributed by atoms with Gasteiger partial charge in [0.2, 0.25) is 11.6 Å². The third-order valence-corrected chi connectivity index (χ3v) is 5.30. The van der Waals surface area contributed by atoms with Crippen molar-refractivity contribution in [1.82, 2.24) is 9.80 Å². The highest BCUT2D eigenvalue weighted by Gasteiger charge is 2.33. The first-order valence-corrected chi connectivity index (χ1v) is 9.70. The average Bonchev–Trinajstić information content (AvgIpc) is 2.72. The highest BCUT2D eigenvalue weighted by atomic mass is 19.2. The van der Waals surface area contributed by atoms with E-state index in [1.165, 1.54) is 12.1 Å². The highest BCUT2D eigenvalue weighted by Crippen LogP contribution is 2.31. The number of hydrogen-bond donors (Lipinski definition) is 0. The van der Waals surface area contributed by atoms with Crippen LogP contribution in [-0.2, 0) is 11.3 Å². The molecule has 166 valence electrons. The Hall–Kier alpha value is -3.14. The Kier molecular flexibility index (Phi) is 6.79. The molecule has 7 nitrogen and oxygen atoms in total. The Labute approximate surface area is 177 Å². The number of hydrogen-bond acceptors (Lipinski definition) is 5. The first-order chi connectivity index (χ1) is 14.7. The lowest BCUT2D eigenvalue weighted by Gasteiger charge is -2.44. The van der Waals surface area contributed by atoms with Gasteiger partial charge in [-0.1, -0.05) is 12.1 Å². The van der Waals surface area contributed by atoms with Crippen LogP contribution in [0.25, 0.3) is 0 Å². The number of carbonyl (C=O) groups is 1. The topological polar surface area (TPSA) is 75.9 Å². The molecular formula is C21H22F3N3O4. The Bertz CT molecular complexity index is 971. The van der Waals surface area contributed by atoms with Crippen molar-refractivity contribution >= 4 is 11.6 Å². The van der Waals surface area contributed by atoms with Gasteiger partial charge in [-0.15, -0.1) is 0 Å². The average molecular weight is 437 g/mol. The summed E-state index contributed by atoms with van der Waals surface area (Å²) in [5.74, 6) is -4.50. The number of carbonyl (C=O) groups excluding carboxylic acids is 1. The van der Waals surface area contributed by atoms with Crippen LogP contribution in [0.4, 0.5) is 18.9 Å². The van der Waals surface area contributed by atoms with Gasteiger partial charge in [0.1, 0.15) is 5.82 Å². The van der Waals surface area contributed by atoms with Crippen LogP contribution in [-0.4, -0.2) is 52.4 Å². The zero-order valence-corrected chi connectivity index (χ0v) is 17.1. The summed E-state index contributed by atoms with van der Waals surface area (Å²) in [7, 11) is 0. The number of rotatable bonds is 6. The molecule has 0 spiro atoms. The SMILES string of the molecule is CC1CN(C(=O)COc2c([N+](=O)[O-])ccc(F)c2F)C(C)CN1Cc1ccc(F)cc1. The maximum Gasteiger partial charge on any atom is 0.314 e. The summed E-state index contributed by atoms with van der Waals surface area (Å²) in [6, 6.07) is 7.39. The van der Waals surface area contributed by atoms with Gasteiger partial charge in [0.05, 0.1) is 4.92 Å². The summed E-state index contributed by atoms with van der Waals surface area (Å²) in [6.07, 6.45) is 0. The van der Waals surface area contributed by atoms with Gasteiger partial charge in [0.15, 0.2) is 12.4 Å². The molecule has 2 aromatic carbocycles. The Morgan fingerprint density at radius 1 is 1.10 bits per heavy atom. The number of benzene rings is 2. The van der Waals surface area contributed by atoms with Gasteiger partial charge in [-0.25, -0.2) is 8.78 Å². The fraction of sp³-hybridized carbons (Fsp3) is 0.381. The maximum absolute atomic E-state index is 14.0. The van der Waals surface area contributed by atoms with Crippen LogP contribution in [0.15, 0.2) is 36.4 Å². The third kappa shape index (κ3) is 5.13. The lowest BCUT2D eigenvalue weighted by molar-refractivity contribution is -0.386. The van der Waals surface area contributed by atoms with E-state index in [-0.39, 0.29) is 17.9 Å². The molecule has 0 radical (unpaired) electrons. The molecule has 1 aliphatic rings. The zero-order chi connectivity index (χ0) is 22.7. The summed E-state index contributed by atoms with van der Waals surface area (Å²) < 4.78 is 45.6. The fourth-order valence-electron chi connectivity index (χ4n) is 3.61. The number of halogens is 3. The zero-order valence-electron chi connectivity index (χ0n) is 17.1. The van der Waals surface area contributed by atoms with E-state index in [0.29, 0.717) is 25.7 Å². The molecule has 0 aromatic heterocycles. The lowest BCUT2D eigenvalue weighted by Crippen LogP contribution is -2.58. The van der Waals surface area contributed by atoms with Crippen LogP contribution in [0.1, 0.15) is 19.4 Å². The first kappa shape index (κ1) is 22.5. The summed E-state index contributed by atoms with van der Waals surface area (Å²) >= 11 is 0. The monoisotopic (exact) mass is 437 g/mol. The second-order valence-electron chi connectivity index (χ2n) is 7.56. The Morgan fingerprint density at radius 2 is 1.77 bits per heavy atom. The fourth-order valence-corrected chi connectivity index (χ4v) is 3.61. The number of amides is 1. The van der Waals surface area contributed by atoms with Crippen molar-refractivity contribution in [3.8, 4) is 5.75 Å². The molecule has 0 bridgehead atoms. The number of nitro benzene ring substituents is 1. The summed E-state index contributed by atoms with van der Waals surface area (Å²) in [6.45, 7) is 4.61. The molecule has 1 heterocycles. The summed E-state index contributed by atoms with van der Waals surface area (Å²) in [4.78, 5) is 26.5. The van der Waals surface area contributed by atoms with Crippen molar-refractivity contribution in [2.75, 3.05) is 19.7 Å². The van der Waals surface area contributed by atoms with E-state index < -0.39 is 40.5 Å². The van der Waals surface area contributed by atoms with Crippen LogP contribution < -0.4 is 4.74 Å². The van der Waals surface area contributed by atoms with Crippen LogP contribution in [0.3, 0.4) is 0 Å². The van der Waals surface area contributed by atoms with Gasteiger partial charge in [-0.3, -0.25) is 19.8 Å². The Morgan fingerprint density at radius 3 is 2.42 bits per heavy atom. The minimum Gasteiger partial charge on any atom is -0.475 e. The standard InChI is InChI=1S/C21H22F3N3O4/c1-13-10-26(14(2)9-25(13)11-15-3-5-16(22)6-4-15)19(28)12-31-21-18(27(29)30)8-7-17(23)20(21)24/h3-8,13-14H,9-12H2,1-2H3. The van der Waals surface area contributed by atoms with E-state index >= 15 is 0 Å². The van der Waals surface area contributed by atoms with Crippen molar-refractivity contribution in [2.45, 2.75) is 32.5 Å². The second-order valence-corrected chi connectivity index (χ2v) is 7.56. The number of piperazine rings is 1. The van der Waals surface area contributed by atoms with Crippen LogP contribution in [0.5, 0.6) is 5.75 Å². The van der Waals surface area contributed by atoms with Gasteiger partial charge < -0.3 is 9.64 Å². The smallest absolute Gasteiger partial charge is 0.314 e. The summed E-state index contributed by atoms with van der Waals surface area (Å²) in [5, 5.41) is 11.0. The van der Waals surface area contributed by atoms with Crippen molar-refractivity contribution in [3.63, 3.8) is 0 Å². The van der Waals surface area contributed by atoms with E-state index in [9.17, 15) is 28.1 Å². The van der Waals surface area contributed by atoms with E-state index in [2.05, 4.69) is 4.90 Å². The van der Waals surface area contributed by atoms with Crippen LogP contribution in [0, 0.1) is 27.6 Å². The molecule has 1 saturated heterocycles. The lowest BCUT2D eigenvalue weighted by atomic mass is 10.1. The van der Waals surface area contributed by atoms with Crippen molar-refractivity contribution in [1.29, 1.82) is 0 Å². The molecule has 1 fully saturated rings. The van der Waals surface area contributed by atoms with Crippen molar-refractivity contribution in [2.24, 2.45) is 0 Å². The predicted octanol–water partition coefficient (Wildman–Crippen LogP) is 3.51. The maximum atomic E-state index is 14.0. The number of ether oxygens (including phenoxy) is 1. The molecule has 1 aliphatic heterocycles. The van der Waals surface area contributed by atoms with Crippen LogP contribution in [0.2, 0.25) is 0 Å². The van der Waals surface area contributed by atoms with Gasteiger partial charge in [0.25, 0.3) is 5.91 Å². The molecule has 10 heteroatoms. The normalized spacial score (nSPS) is 19.3. The van der Waals surface area contributed by atoms with E-state index in [1.807, 2.05) is 13.8 Å². The number of nitro groups is 1. The van der Waals surface area contributed by atoms with E-state index in [1.54, 1.807) is 17.0 Å². The molecular weight excluding hydrogens is 415 g/mol. The molecule has 0 saturated carbocycles. The molecule has 2 aromatic rings. The van der Waals surface area contributed by atoms with Crippen molar-refractivity contribution < 1.29 is 27.6 Å². The van der Waals surface area contributed by atoms with Gasteiger partial charge >= 0.3 is 5.69 Å². The molecule has 0 N–H and O–H groups in total. The van der Waals surface area contributed by atoms with Gasteiger partial charge in [0, 0.05) is 37.8 Å². The Balaban J connectivity index is 1.64. The quantitative estimate of drug-likeness (QED) is 0.511. The van der Waals surface area contributed by atoms with E-state index in [4.69, 9.17) is 4.74 Å². The molecule has 1 amide bonds. The van der Waals surface area contributed by atoms with Gasteiger partial charge in [-0.2, -0.15) is 4.39 Å². The molecule has 3 rings (SSSR count). The minimum atomic E-state index is -1.51. The minimum absolute atomic E-state index is 0.0227. The highest BCUT2D eigenvalue weighted by molar-refractivity contribution is 5.78.